The van der Waals surface area contributed by atoms with Crippen LogP contribution < -0.4 is 5.32 Å². The molecule has 0 bridgehead atoms. The first-order valence-corrected chi connectivity index (χ1v) is 9.04. The van der Waals surface area contributed by atoms with Gasteiger partial charge in [-0.05, 0) is 49.3 Å². The monoisotopic (exact) mass is 324 g/mol. The van der Waals surface area contributed by atoms with Gasteiger partial charge in [0.05, 0.1) is 17.7 Å². The molecule has 1 amide bonds. The van der Waals surface area contributed by atoms with Gasteiger partial charge in [0, 0.05) is 17.5 Å². The Bertz CT molecular complexity index is 733. The molecule has 1 unspecified atom stereocenters. The van der Waals surface area contributed by atoms with Gasteiger partial charge in [-0.2, -0.15) is 0 Å². The molecule has 1 heterocycles. The highest BCUT2D eigenvalue weighted by molar-refractivity contribution is 5.81. The maximum absolute atomic E-state index is 12.6. The number of nitrogens with one attached hydrogen (secondary N) is 1. The molecule has 4 rings (SSSR count). The van der Waals surface area contributed by atoms with Crippen molar-refractivity contribution in [3.8, 4) is 0 Å². The van der Waals surface area contributed by atoms with Crippen LogP contribution >= 0.6 is 0 Å². The highest BCUT2D eigenvalue weighted by Gasteiger charge is 2.37. The van der Waals surface area contributed by atoms with Crippen LogP contribution in [-0.4, -0.2) is 22.1 Å². The second kappa shape index (κ2) is 6.52. The molecule has 1 aromatic carbocycles. The first kappa shape index (κ1) is 15.6. The molecule has 4 nitrogen and oxygen atoms in total. The third kappa shape index (κ3) is 3.03. The molecule has 126 valence electrons. The third-order valence-electron chi connectivity index (χ3n) is 5.62. The number of benzene rings is 1. The average Bonchev–Trinajstić information content (AvgIpc) is 3.11. The van der Waals surface area contributed by atoms with E-state index in [1.165, 1.54) is 0 Å². The predicted octanol–water partition coefficient (Wildman–Crippen LogP) is 3.35. The van der Waals surface area contributed by atoms with Crippen LogP contribution in [0, 0.1) is 11.8 Å². The van der Waals surface area contributed by atoms with E-state index in [-0.39, 0.29) is 24.0 Å². The number of carbonyl (C=O) groups excluding carboxylic acids is 1. The molecule has 2 saturated carbocycles. The van der Waals surface area contributed by atoms with Gasteiger partial charge < -0.3 is 10.4 Å². The smallest absolute Gasteiger partial charge is 0.223 e. The molecule has 1 atom stereocenters. The number of aliphatic hydroxyl groups is 1. The summed E-state index contributed by atoms with van der Waals surface area (Å²) in [5.41, 5.74) is 2.02. The molecule has 24 heavy (non-hydrogen) atoms. The van der Waals surface area contributed by atoms with Crippen LogP contribution in [0.15, 0.2) is 36.5 Å². The Morgan fingerprint density at radius 1 is 1.21 bits per heavy atom. The van der Waals surface area contributed by atoms with E-state index in [0.717, 1.165) is 55.0 Å². The van der Waals surface area contributed by atoms with Crippen LogP contribution in [0.4, 0.5) is 0 Å². The van der Waals surface area contributed by atoms with Crippen molar-refractivity contribution < 1.29 is 9.90 Å². The summed E-state index contributed by atoms with van der Waals surface area (Å²) >= 11 is 0. The van der Waals surface area contributed by atoms with Crippen LogP contribution in [0.1, 0.15) is 50.1 Å². The number of para-hydroxylation sites is 1. The minimum atomic E-state index is -0.228. The summed E-state index contributed by atoms with van der Waals surface area (Å²) in [6.45, 7) is 0. The summed E-state index contributed by atoms with van der Waals surface area (Å²) in [5, 5.41) is 14.1. The zero-order valence-electron chi connectivity index (χ0n) is 13.8. The van der Waals surface area contributed by atoms with E-state index < -0.39 is 0 Å². The van der Waals surface area contributed by atoms with Crippen LogP contribution in [-0.2, 0) is 4.79 Å². The van der Waals surface area contributed by atoms with Crippen molar-refractivity contribution >= 4 is 16.8 Å². The molecular weight excluding hydrogens is 300 g/mol. The second-order valence-electron chi connectivity index (χ2n) is 7.31. The number of aliphatic hydroxyl groups excluding tert-OH is 1. The van der Waals surface area contributed by atoms with E-state index in [4.69, 9.17) is 0 Å². The summed E-state index contributed by atoms with van der Waals surface area (Å²) in [7, 11) is 0. The Balaban J connectivity index is 1.59. The number of hydrogen-bond donors (Lipinski definition) is 2. The first-order chi connectivity index (χ1) is 11.7. The SMILES string of the molecule is O=C(NC(c1cnc2ccccc2c1)C1CC(O)C1)C1CCCC1. The van der Waals surface area contributed by atoms with Crippen LogP contribution in [0.5, 0.6) is 0 Å². The lowest BCUT2D eigenvalue weighted by Gasteiger charge is -2.38. The quantitative estimate of drug-likeness (QED) is 0.906. The molecule has 0 aliphatic heterocycles. The van der Waals surface area contributed by atoms with Crippen LogP contribution in [0.2, 0.25) is 0 Å². The number of pyridine rings is 1. The largest absolute Gasteiger partial charge is 0.393 e. The highest BCUT2D eigenvalue weighted by Crippen LogP contribution is 2.39. The molecule has 0 radical (unpaired) electrons. The van der Waals surface area contributed by atoms with Crippen molar-refractivity contribution in [2.75, 3.05) is 0 Å². The molecule has 0 spiro atoms. The minimum Gasteiger partial charge on any atom is -0.393 e. The third-order valence-corrected chi connectivity index (χ3v) is 5.62. The Hall–Kier alpha value is -1.94. The van der Waals surface area contributed by atoms with Gasteiger partial charge in [-0.25, -0.2) is 0 Å². The lowest BCUT2D eigenvalue weighted by Crippen LogP contribution is -2.43. The topological polar surface area (TPSA) is 62.2 Å². The van der Waals surface area contributed by atoms with Crippen molar-refractivity contribution in [1.82, 2.24) is 10.3 Å². The molecule has 2 aromatic rings. The van der Waals surface area contributed by atoms with E-state index in [1.807, 2.05) is 24.4 Å². The minimum absolute atomic E-state index is 0.0430. The van der Waals surface area contributed by atoms with Gasteiger partial charge in [0.1, 0.15) is 0 Å². The molecule has 1 aromatic heterocycles. The number of hydrogen-bond acceptors (Lipinski definition) is 3. The zero-order chi connectivity index (χ0) is 16.5. The van der Waals surface area contributed by atoms with E-state index >= 15 is 0 Å². The van der Waals surface area contributed by atoms with Gasteiger partial charge in [0.2, 0.25) is 5.91 Å². The molecule has 2 aliphatic rings. The summed E-state index contributed by atoms with van der Waals surface area (Å²) in [6.07, 6.45) is 7.47. The van der Waals surface area contributed by atoms with E-state index in [2.05, 4.69) is 22.4 Å². The van der Waals surface area contributed by atoms with Gasteiger partial charge in [-0.15, -0.1) is 0 Å². The number of amides is 1. The van der Waals surface area contributed by atoms with Crippen molar-refractivity contribution in [1.29, 1.82) is 0 Å². The number of fused-ring (bicyclic) bond motifs is 1. The van der Waals surface area contributed by atoms with Crippen LogP contribution in [0.25, 0.3) is 10.9 Å². The molecule has 2 fully saturated rings. The Kier molecular flexibility index (Phi) is 4.23. The van der Waals surface area contributed by atoms with Gasteiger partial charge >= 0.3 is 0 Å². The van der Waals surface area contributed by atoms with Gasteiger partial charge in [-0.1, -0.05) is 31.0 Å². The fourth-order valence-electron chi connectivity index (χ4n) is 4.09. The zero-order valence-corrected chi connectivity index (χ0v) is 13.8. The summed E-state index contributed by atoms with van der Waals surface area (Å²) in [5.74, 6) is 0.631. The van der Waals surface area contributed by atoms with Crippen molar-refractivity contribution in [3.63, 3.8) is 0 Å². The Morgan fingerprint density at radius 2 is 1.96 bits per heavy atom. The summed E-state index contributed by atoms with van der Waals surface area (Å²) in [6, 6.07) is 10.1. The number of rotatable bonds is 4. The predicted molar refractivity (Wildman–Crippen MR) is 93.3 cm³/mol. The lowest BCUT2D eigenvalue weighted by atomic mass is 9.75. The molecule has 2 aliphatic carbocycles. The first-order valence-electron chi connectivity index (χ1n) is 9.04. The van der Waals surface area contributed by atoms with Crippen molar-refractivity contribution in [2.45, 2.75) is 50.7 Å². The number of nitrogens with zero attached hydrogens (tertiary/aromatic N) is 1. The maximum atomic E-state index is 12.6. The maximum Gasteiger partial charge on any atom is 0.223 e. The molecular formula is C20H24N2O2. The average molecular weight is 324 g/mol. The lowest BCUT2D eigenvalue weighted by molar-refractivity contribution is -0.126. The Morgan fingerprint density at radius 3 is 2.71 bits per heavy atom. The standard InChI is InChI=1S/C20H24N2O2/c23-17-10-15(11-17)19(22-20(24)13-5-1-2-6-13)16-9-14-7-3-4-8-18(14)21-12-16/h3-4,7-9,12-13,15,17,19,23H,1-2,5-6,10-11H2,(H,22,24). The number of aromatic nitrogens is 1. The van der Waals surface area contributed by atoms with E-state index in [0.29, 0.717) is 5.92 Å². The van der Waals surface area contributed by atoms with Gasteiger partial charge in [0.25, 0.3) is 0 Å². The summed E-state index contributed by atoms with van der Waals surface area (Å²) < 4.78 is 0. The molecule has 2 N–H and O–H groups in total. The van der Waals surface area contributed by atoms with E-state index in [1.54, 1.807) is 0 Å². The van der Waals surface area contributed by atoms with E-state index in [9.17, 15) is 9.90 Å². The Labute approximate surface area is 142 Å². The van der Waals surface area contributed by atoms with Crippen molar-refractivity contribution in [3.05, 3.63) is 42.1 Å². The van der Waals surface area contributed by atoms with Gasteiger partial charge in [-0.3, -0.25) is 9.78 Å². The normalized spacial score (nSPS) is 25.4. The number of carbonyl (C=O) groups is 1. The summed E-state index contributed by atoms with van der Waals surface area (Å²) in [4.78, 5) is 17.2. The second-order valence-corrected chi connectivity index (χ2v) is 7.31. The van der Waals surface area contributed by atoms with Crippen molar-refractivity contribution in [2.24, 2.45) is 11.8 Å². The van der Waals surface area contributed by atoms with Crippen LogP contribution in [0.3, 0.4) is 0 Å². The molecule has 4 heteroatoms. The fraction of sp³-hybridized carbons (Fsp3) is 0.500. The fourth-order valence-corrected chi connectivity index (χ4v) is 4.09. The molecule has 0 saturated heterocycles. The van der Waals surface area contributed by atoms with Gasteiger partial charge in [0.15, 0.2) is 0 Å². The highest BCUT2D eigenvalue weighted by atomic mass is 16.3.